The minimum atomic E-state index is -4.32. The molecule has 0 radical (unpaired) electrons. The third-order valence-electron chi connectivity index (χ3n) is 5.04. The first-order chi connectivity index (χ1) is 15.9. The lowest BCUT2D eigenvalue weighted by molar-refractivity contribution is -0.121. The maximum absolute atomic E-state index is 12.2. The molecule has 5 N–H and O–H groups in total. The highest BCUT2D eigenvalue weighted by Gasteiger charge is 2.28. The molecule has 0 saturated carbocycles. The van der Waals surface area contributed by atoms with Gasteiger partial charge in [-0.25, -0.2) is 19.5 Å². The third kappa shape index (κ3) is 6.01. The zero-order valence-electron chi connectivity index (χ0n) is 17.6. The molecular weight excluding hydrogens is 449 g/mol. The Bertz CT molecular complexity index is 1190. The number of nitrogens with zero attached hydrogens (tertiary/aromatic N) is 4. The molecule has 12 nitrogen and oxygen atoms in total. The second kappa shape index (κ2) is 10.2. The number of allylic oxidation sites excluding steroid dienone is 1. The maximum Gasteiger partial charge on any atom is 0.432 e. The van der Waals surface area contributed by atoms with E-state index in [0.29, 0.717) is 23.4 Å². The van der Waals surface area contributed by atoms with Crippen molar-refractivity contribution in [1.29, 1.82) is 0 Å². The first-order valence-electron chi connectivity index (χ1n) is 10.2. The molecule has 0 saturated heterocycles. The van der Waals surface area contributed by atoms with Crippen molar-refractivity contribution in [3.05, 3.63) is 60.7 Å². The molecule has 0 fully saturated rings. The van der Waals surface area contributed by atoms with E-state index in [-0.39, 0.29) is 31.7 Å². The Kier molecular flexibility index (Phi) is 7.11. The van der Waals surface area contributed by atoms with E-state index in [2.05, 4.69) is 20.4 Å². The van der Waals surface area contributed by atoms with Crippen LogP contribution in [0.1, 0.15) is 18.0 Å². The van der Waals surface area contributed by atoms with Crippen molar-refractivity contribution in [3.63, 3.8) is 0 Å². The topological polar surface area (TPSA) is 167 Å². The third-order valence-corrected chi connectivity index (χ3v) is 6.07. The van der Waals surface area contributed by atoms with Crippen LogP contribution in [0.4, 0.5) is 5.82 Å². The van der Waals surface area contributed by atoms with Crippen molar-refractivity contribution in [2.75, 3.05) is 18.9 Å². The average molecular weight is 473 g/mol. The van der Waals surface area contributed by atoms with Crippen LogP contribution >= 0.6 is 7.75 Å². The second-order valence-corrected chi connectivity index (χ2v) is 9.00. The van der Waals surface area contributed by atoms with Crippen molar-refractivity contribution >= 4 is 30.6 Å². The van der Waals surface area contributed by atoms with E-state index in [1.807, 2.05) is 52.1 Å². The minimum absolute atomic E-state index is 0.0389. The van der Waals surface area contributed by atoms with Gasteiger partial charge in [0.15, 0.2) is 11.5 Å². The number of nitrogens with one attached hydrogen (secondary N) is 2. The summed E-state index contributed by atoms with van der Waals surface area (Å²) in [7, 11) is -4.32. The van der Waals surface area contributed by atoms with Gasteiger partial charge in [0.1, 0.15) is 18.4 Å². The molecule has 13 heteroatoms. The molecule has 33 heavy (non-hydrogen) atoms. The molecule has 1 aliphatic rings. The van der Waals surface area contributed by atoms with Crippen LogP contribution in [0.2, 0.25) is 0 Å². The predicted molar refractivity (Wildman–Crippen MR) is 119 cm³/mol. The van der Waals surface area contributed by atoms with Crippen LogP contribution in [-0.4, -0.2) is 43.5 Å². The Hall–Kier alpha value is -3.15. The molecule has 1 aromatic carbocycles. The number of nitrogens with two attached hydrogens (primary N) is 1. The van der Waals surface area contributed by atoms with Gasteiger partial charge in [-0.05, 0) is 12.0 Å². The highest BCUT2D eigenvalue weighted by atomic mass is 31.2. The standard InChI is InChI=1S/C20H24N7O5P/c21-19-18-20(23-12-22-19)27(13-24-18)16-7-6-15(8-16)11-32-33(29,30)26-17(28)9-25-31-10-14-4-2-1-3-5-14/h1-7,12-13,15-16,25H,8-11H2,(H2,21,22,23)(H2,26,28,29,30)/t15-,16+/m0/s1. The van der Waals surface area contributed by atoms with Crippen LogP contribution in [-0.2, 0) is 25.3 Å². The molecule has 1 unspecified atom stereocenters. The van der Waals surface area contributed by atoms with Crippen LogP contribution in [0, 0.1) is 5.92 Å². The second-order valence-electron chi connectivity index (χ2n) is 7.48. The minimum Gasteiger partial charge on any atom is -0.382 e. The number of carbonyl (C=O) groups excluding carboxylic acids is 1. The predicted octanol–water partition coefficient (Wildman–Crippen LogP) is 1.48. The quantitative estimate of drug-likeness (QED) is 0.147. The monoisotopic (exact) mass is 473 g/mol. The number of hydrogen-bond donors (Lipinski definition) is 4. The van der Waals surface area contributed by atoms with Crippen LogP contribution in [0.15, 0.2) is 55.1 Å². The van der Waals surface area contributed by atoms with Crippen molar-refractivity contribution in [2.45, 2.75) is 19.1 Å². The van der Waals surface area contributed by atoms with Crippen LogP contribution in [0.3, 0.4) is 0 Å². The molecule has 1 aliphatic carbocycles. The molecule has 2 heterocycles. The van der Waals surface area contributed by atoms with E-state index < -0.39 is 13.7 Å². The number of aromatic nitrogens is 4. The van der Waals surface area contributed by atoms with Gasteiger partial charge >= 0.3 is 7.75 Å². The molecule has 3 aromatic rings. The van der Waals surface area contributed by atoms with E-state index in [1.165, 1.54) is 6.33 Å². The number of imidazole rings is 1. The van der Waals surface area contributed by atoms with Crippen molar-refractivity contribution in [2.24, 2.45) is 5.92 Å². The van der Waals surface area contributed by atoms with Crippen LogP contribution in [0.25, 0.3) is 11.2 Å². The Morgan fingerprint density at radius 3 is 2.88 bits per heavy atom. The Morgan fingerprint density at radius 1 is 1.24 bits per heavy atom. The van der Waals surface area contributed by atoms with Gasteiger partial charge < -0.3 is 15.2 Å². The summed E-state index contributed by atoms with van der Waals surface area (Å²) in [5, 5.41) is 1.99. The lowest BCUT2D eigenvalue weighted by atomic mass is 10.1. The molecule has 2 aromatic heterocycles. The zero-order chi connectivity index (χ0) is 23.3. The number of anilines is 1. The first-order valence-corrected chi connectivity index (χ1v) is 11.8. The fourth-order valence-corrected chi connectivity index (χ4v) is 4.30. The van der Waals surface area contributed by atoms with Crippen LogP contribution in [0.5, 0.6) is 0 Å². The van der Waals surface area contributed by atoms with E-state index in [0.717, 1.165) is 5.56 Å². The van der Waals surface area contributed by atoms with Crippen LogP contribution < -0.4 is 16.3 Å². The van der Waals surface area contributed by atoms with Gasteiger partial charge in [0.25, 0.3) is 0 Å². The lowest BCUT2D eigenvalue weighted by Gasteiger charge is -2.17. The highest BCUT2D eigenvalue weighted by molar-refractivity contribution is 7.51. The van der Waals surface area contributed by atoms with Crippen molar-refractivity contribution in [1.82, 2.24) is 30.1 Å². The maximum atomic E-state index is 12.2. The number of hydroxylamine groups is 1. The van der Waals surface area contributed by atoms with Gasteiger partial charge in [0, 0.05) is 5.92 Å². The smallest absolute Gasteiger partial charge is 0.382 e. The fraction of sp³-hybridized carbons (Fsp3) is 0.300. The summed E-state index contributed by atoms with van der Waals surface area (Å²) in [4.78, 5) is 39.5. The van der Waals surface area contributed by atoms with Crippen molar-refractivity contribution < 1.29 is 23.6 Å². The Morgan fingerprint density at radius 2 is 2.06 bits per heavy atom. The summed E-state index contributed by atoms with van der Waals surface area (Å²) in [6.07, 6.45) is 7.46. The normalized spacial score (nSPS) is 19.5. The SMILES string of the molecule is Nc1ncnc2c1ncn2[C@@H]1C=C[C@H](COP(=O)(O)NC(=O)CNOCc2ccccc2)C1. The first kappa shape index (κ1) is 23.0. The summed E-state index contributed by atoms with van der Waals surface area (Å²) in [5.74, 6) is -0.551. The van der Waals surface area contributed by atoms with Gasteiger partial charge in [-0.15, -0.1) is 0 Å². The Balaban J connectivity index is 1.20. The summed E-state index contributed by atoms with van der Waals surface area (Å²) >= 11 is 0. The van der Waals surface area contributed by atoms with E-state index in [9.17, 15) is 14.3 Å². The molecule has 0 spiro atoms. The van der Waals surface area contributed by atoms with Gasteiger partial charge in [-0.2, -0.15) is 5.48 Å². The van der Waals surface area contributed by atoms with E-state index in [4.69, 9.17) is 15.1 Å². The van der Waals surface area contributed by atoms with Gasteiger partial charge in [-0.1, -0.05) is 42.5 Å². The largest absolute Gasteiger partial charge is 0.432 e. The summed E-state index contributed by atoms with van der Waals surface area (Å²) in [6, 6.07) is 9.31. The average Bonchev–Trinajstić information content (AvgIpc) is 3.43. The molecule has 174 valence electrons. The number of fused-ring (bicyclic) bond motifs is 1. The number of carbonyl (C=O) groups is 1. The van der Waals surface area contributed by atoms with Gasteiger partial charge in [-0.3, -0.25) is 19.2 Å². The molecule has 4 rings (SSSR count). The molecule has 0 aliphatic heterocycles. The number of hydrogen-bond acceptors (Lipinski definition) is 9. The number of benzene rings is 1. The fourth-order valence-electron chi connectivity index (χ4n) is 3.45. The lowest BCUT2D eigenvalue weighted by Crippen LogP contribution is -2.32. The highest BCUT2D eigenvalue weighted by Crippen LogP contribution is 2.39. The molecular formula is C20H24N7O5P. The number of amides is 1. The molecule has 0 bridgehead atoms. The number of rotatable bonds is 10. The van der Waals surface area contributed by atoms with E-state index in [1.54, 1.807) is 6.33 Å². The van der Waals surface area contributed by atoms with Gasteiger partial charge in [0.2, 0.25) is 5.91 Å². The molecule has 3 atom stereocenters. The zero-order valence-corrected chi connectivity index (χ0v) is 18.5. The summed E-state index contributed by atoms with van der Waals surface area (Å²) < 4.78 is 19.2. The van der Waals surface area contributed by atoms with Gasteiger partial charge in [0.05, 0.1) is 25.6 Å². The molecule has 1 amide bonds. The summed E-state index contributed by atoms with van der Waals surface area (Å²) in [6.45, 7) is -0.0883. The van der Waals surface area contributed by atoms with Crippen molar-refractivity contribution in [3.8, 4) is 0 Å². The summed E-state index contributed by atoms with van der Waals surface area (Å²) in [5.41, 5.74) is 10.3. The number of nitrogen functional groups attached to an aromatic ring is 1. The Labute approximate surface area is 189 Å². The van der Waals surface area contributed by atoms with E-state index >= 15 is 0 Å².